The van der Waals surface area contributed by atoms with Crippen LogP contribution >= 0.6 is 0 Å². The summed E-state index contributed by atoms with van der Waals surface area (Å²) in [7, 11) is 1.35. The number of carbonyl (C=O) groups excluding carboxylic acids is 1. The standard InChI is InChI=1S/C19H19N3O3/c1-25-19(24)13-8-9-14-15(11-13)20-17(18(23)21-14)22-10-4-6-12-5-2-3-7-16(12)22/h2-3,5,7-9,11,18,21,23H,4,6,10H2,1H3. The van der Waals surface area contributed by atoms with Crippen LogP contribution in [0.1, 0.15) is 22.3 Å². The number of fused-ring (bicyclic) bond motifs is 2. The molecule has 0 aromatic heterocycles. The van der Waals surface area contributed by atoms with E-state index < -0.39 is 12.2 Å². The number of aryl methyl sites for hydroxylation is 1. The molecule has 2 aromatic rings. The van der Waals surface area contributed by atoms with Gasteiger partial charge in [0.2, 0.25) is 0 Å². The number of anilines is 2. The van der Waals surface area contributed by atoms with E-state index in [0.717, 1.165) is 25.1 Å². The molecule has 25 heavy (non-hydrogen) atoms. The van der Waals surface area contributed by atoms with Gasteiger partial charge in [-0.25, -0.2) is 9.79 Å². The molecular weight excluding hydrogens is 318 g/mol. The number of nitrogens with zero attached hydrogens (tertiary/aromatic N) is 2. The fourth-order valence-electron chi connectivity index (χ4n) is 3.37. The summed E-state index contributed by atoms with van der Waals surface area (Å²) in [5, 5.41) is 13.6. The second-order valence-electron chi connectivity index (χ2n) is 6.12. The molecule has 0 amide bonds. The van der Waals surface area contributed by atoms with Gasteiger partial charge < -0.3 is 20.1 Å². The molecule has 2 aromatic carbocycles. The number of aliphatic imine (C=N–C) groups is 1. The van der Waals surface area contributed by atoms with Gasteiger partial charge in [0.25, 0.3) is 0 Å². The van der Waals surface area contributed by atoms with E-state index in [-0.39, 0.29) is 0 Å². The second kappa shape index (κ2) is 6.22. The monoisotopic (exact) mass is 337 g/mol. The van der Waals surface area contributed by atoms with Crippen molar-refractivity contribution in [2.45, 2.75) is 19.1 Å². The van der Waals surface area contributed by atoms with Crippen molar-refractivity contribution in [2.75, 3.05) is 23.9 Å². The third kappa shape index (κ3) is 2.74. The Morgan fingerprint density at radius 2 is 2.16 bits per heavy atom. The molecule has 0 bridgehead atoms. The van der Waals surface area contributed by atoms with Crippen molar-refractivity contribution in [1.29, 1.82) is 0 Å². The molecule has 0 fully saturated rings. The molecule has 1 atom stereocenters. The Hall–Kier alpha value is -2.86. The Kier molecular flexibility index (Phi) is 3.89. The maximum absolute atomic E-state index is 11.8. The molecule has 6 heteroatoms. The predicted molar refractivity (Wildman–Crippen MR) is 96.6 cm³/mol. The number of aliphatic hydroxyl groups is 1. The zero-order valence-corrected chi connectivity index (χ0v) is 13.9. The summed E-state index contributed by atoms with van der Waals surface area (Å²) < 4.78 is 4.77. The Labute approximate surface area is 145 Å². The van der Waals surface area contributed by atoms with Gasteiger partial charge in [-0.3, -0.25) is 0 Å². The smallest absolute Gasteiger partial charge is 0.337 e. The highest BCUT2D eigenvalue weighted by atomic mass is 16.5. The number of methoxy groups -OCH3 is 1. The summed E-state index contributed by atoms with van der Waals surface area (Å²) in [5.74, 6) is 0.135. The molecule has 0 saturated carbocycles. The van der Waals surface area contributed by atoms with Gasteiger partial charge in [-0.1, -0.05) is 18.2 Å². The zero-order valence-electron chi connectivity index (χ0n) is 13.9. The highest BCUT2D eigenvalue weighted by molar-refractivity contribution is 6.07. The average molecular weight is 337 g/mol. The van der Waals surface area contributed by atoms with Crippen molar-refractivity contribution < 1.29 is 14.6 Å². The number of carbonyl (C=O) groups is 1. The summed E-state index contributed by atoms with van der Waals surface area (Å²) in [6.07, 6.45) is 1.12. The van der Waals surface area contributed by atoms with E-state index in [1.165, 1.54) is 12.7 Å². The summed E-state index contributed by atoms with van der Waals surface area (Å²) in [6, 6.07) is 13.2. The predicted octanol–water partition coefficient (Wildman–Crippen LogP) is 2.70. The van der Waals surface area contributed by atoms with Crippen LogP contribution in [0.15, 0.2) is 47.5 Å². The van der Waals surface area contributed by atoms with Gasteiger partial charge in [0.1, 0.15) is 0 Å². The normalized spacial score (nSPS) is 18.6. The summed E-state index contributed by atoms with van der Waals surface area (Å²) in [6.45, 7) is 0.792. The Morgan fingerprint density at radius 1 is 1.32 bits per heavy atom. The summed E-state index contributed by atoms with van der Waals surface area (Å²) in [5.41, 5.74) is 4.06. The van der Waals surface area contributed by atoms with Gasteiger partial charge in [0, 0.05) is 12.2 Å². The van der Waals surface area contributed by atoms with E-state index in [0.29, 0.717) is 22.8 Å². The first kappa shape index (κ1) is 15.7. The lowest BCUT2D eigenvalue weighted by Gasteiger charge is -2.36. The first-order chi connectivity index (χ1) is 12.2. The molecule has 0 radical (unpaired) electrons. The van der Waals surface area contributed by atoms with Crippen LogP contribution in [0.3, 0.4) is 0 Å². The van der Waals surface area contributed by atoms with Crippen LogP contribution < -0.4 is 10.2 Å². The lowest BCUT2D eigenvalue weighted by molar-refractivity contribution is 0.0601. The van der Waals surface area contributed by atoms with Crippen molar-refractivity contribution >= 4 is 28.9 Å². The lowest BCUT2D eigenvalue weighted by Crippen LogP contribution is -2.46. The summed E-state index contributed by atoms with van der Waals surface area (Å²) in [4.78, 5) is 18.5. The van der Waals surface area contributed by atoms with Crippen LogP contribution in [0.4, 0.5) is 17.1 Å². The lowest BCUT2D eigenvalue weighted by atomic mass is 10.0. The molecule has 4 rings (SSSR count). The van der Waals surface area contributed by atoms with Gasteiger partial charge in [-0.05, 0) is 42.7 Å². The first-order valence-corrected chi connectivity index (χ1v) is 8.28. The number of amidine groups is 1. The molecule has 2 aliphatic heterocycles. The molecule has 0 aliphatic carbocycles. The number of ether oxygens (including phenoxy) is 1. The maximum atomic E-state index is 11.8. The number of esters is 1. The molecule has 2 N–H and O–H groups in total. The number of para-hydroxylation sites is 1. The zero-order chi connectivity index (χ0) is 17.4. The van der Waals surface area contributed by atoms with Gasteiger partial charge in [-0.2, -0.15) is 0 Å². The van der Waals surface area contributed by atoms with Gasteiger partial charge in [0.05, 0.1) is 24.0 Å². The van der Waals surface area contributed by atoms with E-state index in [1.807, 2.05) is 23.1 Å². The number of hydrogen-bond acceptors (Lipinski definition) is 6. The van der Waals surface area contributed by atoms with Gasteiger partial charge >= 0.3 is 5.97 Å². The minimum Gasteiger partial charge on any atom is -0.465 e. The second-order valence-corrected chi connectivity index (χ2v) is 6.12. The van der Waals surface area contributed by atoms with E-state index in [9.17, 15) is 9.90 Å². The van der Waals surface area contributed by atoms with E-state index in [1.54, 1.807) is 18.2 Å². The first-order valence-electron chi connectivity index (χ1n) is 8.28. The molecule has 6 nitrogen and oxygen atoms in total. The van der Waals surface area contributed by atoms with E-state index in [2.05, 4.69) is 16.4 Å². The highest BCUT2D eigenvalue weighted by Gasteiger charge is 2.29. The largest absolute Gasteiger partial charge is 0.465 e. The average Bonchev–Trinajstić information content (AvgIpc) is 2.66. The number of nitrogens with one attached hydrogen (secondary N) is 1. The van der Waals surface area contributed by atoms with E-state index in [4.69, 9.17) is 4.74 Å². The summed E-state index contributed by atoms with van der Waals surface area (Å²) >= 11 is 0. The Balaban J connectivity index is 1.76. The van der Waals surface area contributed by atoms with Crippen LogP contribution in [0.2, 0.25) is 0 Å². The van der Waals surface area contributed by atoms with Crippen LogP contribution in [-0.4, -0.2) is 36.8 Å². The number of benzene rings is 2. The topological polar surface area (TPSA) is 74.2 Å². The van der Waals surface area contributed by atoms with Crippen LogP contribution in [0.25, 0.3) is 0 Å². The third-order valence-corrected chi connectivity index (χ3v) is 4.58. The van der Waals surface area contributed by atoms with E-state index >= 15 is 0 Å². The van der Waals surface area contributed by atoms with Crippen molar-refractivity contribution in [3.8, 4) is 0 Å². The Morgan fingerprint density at radius 3 is 3.00 bits per heavy atom. The van der Waals surface area contributed by atoms with Crippen molar-refractivity contribution in [1.82, 2.24) is 0 Å². The highest BCUT2D eigenvalue weighted by Crippen LogP contribution is 2.34. The molecule has 0 saturated heterocycles. The van der Waals surface area contributed by atoms with Gasteiger partial charge in [-0.15, -0.1) is 0 Å². The fourth-order valence-corrected chi connectivity index (χ4v) is 3.37. The molecule has 1 unspecified atom stereocenters. The van der Waals surface area contributed by atoms with Crippen molar-refractivity contribution in [3.63, 3.8) is 0 Å². The molecule has 128 valence electrons. The van der Waals surface area contributed by atoms with Crippen molar-refractivity contribution in [3.05, 3.63) is 53.6 Å². The fraction of sp³-hybridized carbons (Fsp3) is 0.263. The molecule has 2 heterocycles. The minimum absolute atomic E-state index is 0.408. The maximum Gasteiger partial charge on any atom is 0.337 e. The number of hydrogen-bond donors (Lipinski definition) is 2. The van der Waals surface area contributed by atoms with Crippen LogP contribution in [0, 0.1) is 0 Å². The number of aliphatic hydroxyl groups excluding tert-OH is 1. The molecule has 0 spiro atoms. The minimum atomic E-state index is -0.900. The molecular formula is C19H19N3O3. The SMILES string of the molecule is COC(=O)c1ccc2c(c1)N=C(N1CCCc3ccccc31)C(O)N2. The quantitative estimate of drug-likeness (QED) is 0.783. The van der Waals surface area contributed by atoms with Crippen LogP contribution in [0.5, 0.6) is 0 Å². The van der Waals surface area contributed by atoms with Gasteiger partial charge in [0.15, 0.2) is 12.1 Å². The third-order valence-electron chi connectivity index (χ3n) is 4.58. The Bertz CT molecular complexity index is 863. The van der Waals surface area contributed by atoms with Crippen molar-refractivity contribution in [2.24, 2.45) is 4.99 Å². The van der Waals surface area contributed by atoms with Crippen LogP contribution in [-0.2, 0) is 11.2 Å². The molecule has 2 aliphatic rings. The number of rotatable bonds is 1.